The number of fused-ring (bicyclic) bond motifs is 2. The van der Waals surface area contributed by atoms with Gasteiger partial charge in [-0.15, -0.1) is 0 Å². The van der Waals surface area contributed by atoms with E-state index in [-0.39, 0.29) is 43.3 Å². The van der Waals surface area contributed by atoms with Crippen molar-refractivity contribution >= 4 is 23.7 Å². The van der Waals surface area contributed by atoms with Crippen molar-refractivity contribution in [1.29, 1.82) is 0 Å². The van der Waals surface area contributed by atoms with Crippen LogP contribution in [0.25, 0.3) is 0 Å². The van der Waals surface area contributed by atoms with Gasteiger partial charge in [-0.1, -0.05) is 88.2 Å². The van der Waals surface area contributed by atoms with Gasteiger partial charge in [0.1, 0.15) is 18.2 Å². The minimum Gasteiger partial charge on any atom is -0.463 e. The molecular formula is C34H45N3O7. The minimum absolute atomic E-state index is 0.0551. The Morgan fingerprint density at radius 3 is 2.57 bits per heavy atom. The standard InChI is InChI=1S/C34H45N3O7/c1-4-6-18-36-19-12-17-34-29(32(41)37(30(34)33(36)42)25(20-38)22(3)5-2)28-26(44-34)15-10-11-16-27(39)43-21-24(35-31(28)40)23-13-8-7-9-14-23/h7-10,12-15,17,22,24-26,28-30,38H,4-6,11,16,18-21H2,1-3H3,(H,35,40)/b15-10-/t22-,24+,25-,26-,28+,29+,30-,34+/m0/s1. The molecule has 238 valence electrons. The highest BCUT2D eigenvalue weighted by Gasteiger charge is 2.72. The number of amides is 3. The average molecular weight is 608 g/mol. The number of unbranched alkanes of at least 4 members (excludes halogenated alkanes) is 1. The molecule has 4 heterocycles. The summed E-state index contributed by atoms with van der Waals surface area (Å²) >= 11 is 0. The summed E-state index contributed by atoms with van der Waals surface area (Å²) in [4.78, 5) is 59.2. The molecule has 8 atom stereocenters. The van der Waals surface area contributed by atoms with Gasteiger partial charge in [0.2, 0.25) is 17.7 Å². The van der Waals surface area contributed by atoms with Crippen LogP contribution in [0.1, 0.15) is 64.5 Å². The van der Waals surface area contributed by atoms with Gasteiger partial charge in [-0.2, -0.15) is 0 Å². The molecule has 2 fully saturated rings. The lowest BCUT2D eigenvalue weighted by Gasteiger charge is -2.40. The van der Waals surface area contributed by atoms with Gasteiger partial charge in [-0.05, 0) is 24.3 Å². The van der Waals surface area contributed by atoms with E-state index in [4.69, 9.17) is 9.47 Å². The number of aliphatic hydroxyl groups is 1. The first-order chi connectivity index (χ1) is 21.3. The Morgan fingerprint density at radius 2 is 1.86 bits per heavy atom. The van der Waals surface area contributed by atoms with Crippen LogP contribution >= 0.6 is 0 Å². The van der Waals surface area contributed by atoms with Crippen molar-refractivity contribution < 1.29 is 33.8 Å². The molecule has 0 bridgehead atoms. The van der Waals surface area contributed by atoms with Gasteiger partial charge in [0.15, 0.2) is 0 Å². The predicted molar refractivity (Wildman–Crippen MR) is 163 cm³/mol. The maximum atomic E-state index is 14.7. The van der Waals surface area contributed by atoms with Crippen molar-refractivity contribution in [2.75, 3.05) is 26.3 Å². The number of hydrogen-bond donors (Lipinski definition) is 2. The molecule has 1 aromatic carbocycles. The Balaban J connectivity index is 1.61. The van der Waals surface area contributed by atoms with Crippen LogP contribution in [-0.4, -0.2) is 88.7 Å². The van der Waals surface area contributed by atoms with E-state index >= 15 is 0 Å². The molecule has 4 aliphatic heterocycles. The number of benzene rings is 1. The number of rotatable bonds is 8. The van der Waals surface area contributed by atoms with Crippen LogP contribution in [0.2, 0.25) is 0 Å². The number of carbonyl (C=O) groups excluding carboxylic acids is 4. The summed E-state index contributed by atoms with van der Waals surface area (Å²) in [6, 6.07) is 6.97. The van der Waals surface area contributed by atoms with E-state index in [0.717, 1.165) is 18.4 Å². The zero-order valence-electron chi connectivity index (χ0n) is 25.9. The van der Waals surface area contributed by atoms with Gasteiger partial charge in [-0.3, -0.25) is 19.2 Å². The average Bonchev–Trinajstić information content (AvgIpc) is 3.42. The first-order valence-electron chi connectivity index (χ1n) is 16.0. The zero-order valence-corrected chi connectivity index (χ0v) is 25.9. The molecular weight excluding hydrogens is 562 g/mol. The molecule has 1 aromatic rings. The SMILES string of the molecule is CCCCN1CC=C[C@@]23O[C@H]4/C=C\CCC(=O)OC[C@H](c5ccccc5)NC(=O)[C@H]4[C@@H]2C(=O)N([C@@H](CO)[C@@H](C)CC)[C@H]3C1=O. The van der Waals surface area contributed by atoms with E-state index in [9.17, 15) is 24.3 Å². The second-order valence-corrected chi connectivity index (χ2v) is 12.4. The summed E-state index contributed by atoms with van der Waals surface area (Å²) in [5.74, 6) is -3.43. The summed E-state index contributed by atoms with van der Waals surface area (Å²) < 4.78 is 12.3. The molecule has 10 nitrogen and oxygen atoms in total. The molecule has 5 rings (SSSR count). The lowest BCUT2D eigenvalue weighted by molar-refractivity contribution is -0.152. The monoisotopic (exact) mass is 607 g/mol. The number of cyclic esters (lactones) is 1. The highest BCUT2D eigenvalue weighted by Crippen LogP contribution is 2.54. The third-order valence-electron chi connectivity index (χ3n) is 9.71. The van der Waals surface area contributed by atoms with E-state index in [1.807, 2.05) is 56.3 Å². The molecule has 44 heavy (non-hydrogen) atoms. The normalized spacial score (nSPS) is 32.8. The van der Waals surface area contributed by atoms with Crippen LogP contribution in [0.3, 0.4) is 0 Å². The predicted octanol–water partition coefficient (Wildman–Crippen LogP) is 2.92. The number of carbonyl (C=O) groups is 4. The molecule has 1 spiro atoms. The minimum atomic E-state index is -1.40. The maximum absolute atomic E-state index is 14.7. The molecule has 2 N–H and O–H groups in total. The molecule has 2 saturated heterocycles. The molecule has 3 amide bonds. The fourth-order valence-electron chi connectivity index (χ4n) is 7.15. The second-order valence-electron chi connectivity index (χ2n) is 12.4. The van der Waals surface area contributed by atoms with Crippen LogP contribution in [0.15, 0.2) is 54.6 Å². The zero-order chi connectivity index (χ0) is 31.4. The maximum Gasteiger partial charge on any atom is 0.306 e. The second kappa shape index (κ2) is 13.6. The van der Waals surface area contributed by atoms with Crippen LogP contribution < -0.4 is 5.32 Å². The van der Waals surface area contributed by atoms with Crippen molar-refractivity contribution in [3.8, 4) is 0 Å². The Kier molecular flexibility index (Phi) is 9.90. The third-order valence-corrected chi connectivity index (χ3v) is 9.71. The van der Waals surface area contributed by atoms with Crippen molar-refractivity contribution in [2.24, 2.45) is 17.8 Å². The van der Waals surface area contributed by atoms with Gasteiger partial charge < -0.3 is 29.7 Å². The molecule has 0 saturated carbocycles. The number of ether oxygens (including phenoxy) is 2. The summed E-state index contributed by atoms with van der Waals surface area (Å²) in [5.41, 5.74) is -0.640. The van der Waals surface area contributed by atoms with Crippen molar-refractivity contribution in [2.45, 2.75) is 82.7 Å². The largest absolute Gasteiger partial charge is 0.463 e. The highest BCUT2D eigenvalue weighted by molar-refractivity contribution is 6.00. The molecule has 0 aliphatic carbocycles. The van der Waals surface area contributed by atoms with E-state index in [0.29, 0.717) is 25.9 Å². The van der Waals surface area contributed by atoms with Crippen LogP contribution in [0, 0.1) is 17.8 Å². The van der Waals surface area contributed by atoms with Crippen LogP contribution in [0.5, 0.6) is 0 Å². The van der Waals surface area contributed by atoms with E-state index in [1.165, 1.54) is 4.90 Å². The lowest BCUT2D eigenvalue weighted by atomic mass is 9.77. The van der Waals surface area contributed by atoms with Crippen LogP contribution in [0.4, 0.5) is 0 Å². The number of hydrogen-bond acceptors (Lipinski definition) is 7. The van der Waals surface area contributed by atoms with Crippen molar-refractivity contribution in [1.82, 2.24) is 15.1 Å². The molecule has 10 heteroatoms. The fourth-order valence-corrected chi connectivity index (χ4v) is 7.15. The molecule has 0 radical (unpaired) electrons. The summed E-state index contributed by atoms with van der Waals surface area (Å²) in [6.07, 6.45) is 9.36. The summed E-state index contributed by atoms with van der Waals surface area (Å²) in [5, 5.41) is 13.6. The number of allylic oxidation sites excluding steroid dienone is 1. The third kappa shape index (κ3) is 5.81. The number of nitrogens with one attached hydrogen (secondary N) is 1. The topological polar surface area (TPSA) is 125 Å². The summed E-state index contributed by atoms with van der Waals surface area (Å²) in [6.45, 7) is 6.54. The fraction of sp³-hybridized carbons (Fsp3) is 0.588. The highest BCUT2D eigenvalue weighted by atomic mass is 16.5. The van der Waals surface area contributed by atoms with Gasteiger partial charge in [-0.25, -0.2) is 0 Å². The van der Waals surface area contributed by atoms with Gasteiger partial charge in [0.05, 0.1) is 36.6 Å². The Hall–Kier alpha value is -3.50. The number of aliphatic hydroxyl groups excluding tert-OH is 1. The molecule has 0 unspecified atom stereocenters. The molecule has 4 aliphatic rings. The van der Waals surface area contributed by atoms with E-state index in [2.05, 4.69) is 12.2 Å². The Bertz CT molecular complexity index is 1280. The number of esters is 1. The van der Waals surface area contributed by atoms with Gasteiger partial charge in [0.25, 0.3) is 0 Å². The Morgan fingerprint density at radius 1 is 1.09 bits per heavy atom. The quantitative estimate of drug-likeness (QED) is 0.344. The van der Waals surface area contributed by atoms with Gasteiger partial charge in [0, 0.05) is 19.5 Å². The summed E-state index contributed by atoms with van der Waals surface area (Å²) in [7, 11) is 0. The first-order valence-corrected chi connectivity index (χ1v) is 16.0. The van der Waals surface area contributed by atoms with E-state index < -0.39 is 47.6 Å². The van der Waals surface area contributed by atoms with Crippen LogP contribution in [-0.2, 0) is 28.7 Å². The smallest absolute Gasteiger partial charge is 0.306 e. The van der Waals surface area contributed by atoms with Gasteiger partial charge >= 0.3 is 5.97 Å². The van der Waals surface area contributed by atoms with Crippen molar-refractivity contribution in [3.05, 3.63) is 60.2 Å². The van der Waals surface area contributed by atoms with Crippen molar-refractivity contribution in [3.63, 3.8) is 0 Å². The van der Waals surface area contributed by atoms with E-state index in [1.54, 1.807) is 17.1 Å². The lowest BCUT2D eigenvalue weighted by Crippen LogP contribution is -2.59. The Labute approximate surface area is 259 Å². The number of nitrogens with zero attached hydrogens (tertiary/aromatic N) is 2. The number of likely N-dealkylation sites (tertiary alicyclic amines) is 1. The molecule has 0 aromatic heterocycles. The first kappa shape index (κ1) is 31.9.